The molecular weight excluding hydrogens is 426 g/mol. The Kier molecular flexibility index (Phi) is 9.05. The van der Waals surface area contributed by atoms with Gasteiger partial charge in [-0.1, -0.05) is 60.7 Å². The van der Waals surface area contributed by atoms with E-state index in [1.165, 1.54) is 0 Å². The Labute approximate surface area is 174 Å². The first-order valence-electron chi connectivity index (χ1n) is 9.85. The van der Waals surface area contributed by atoms with Crippen LogP contribution in [0.4, 0.5) is 0 Å². The first-order valence-corrected chi connectivity index (χ1v) is 16.6. The summed E-state index contributed by atoms with van der Waals surface area (Å²) in [4.78, 5) is 0. The molecule has 160 valence electrons. The molecule has 2 aromatic carbocycles. The number of hydrogen-bond donors (Lipinski definition) is 0. The third kappa shape index (κ3) is 4.52. The molecule has 2 aromatic rings. The molecule has 2 rings (SSSR count). The van der Waals surface area contributed by atoms with Crippen LogP contribution >= 0.6 is 14.3 Å². The second kappa shape index (κ2) is 10.8. The fourth-order valence-electron chi connectivity index (χ4n) is 3.42. The summed E-state index contributed by atoms with van der Waals surface area (Å²) in [6.07, 6.45) is 0. The van der Waals surface area contributed by atoms with E-state index in [0.717, 1.165) is 0 Å². The van der Waals surface area contributed by atoms with Crippen LogP contribution in [0.25, 0.3) is 0 Å². The monoisotopic (exact) mass is 456 g/mol. The second-order valence-corrected chi connectivity index (χ2v) is 20.0. The van der Waals surface area contributed by atoms with Gasteiger partial charge in [-0.25, -0.2) is 0 Å². The lowest BCUT2D eigenvalue weighted by atomic mass is 10.4. The van der Waals surface area contributed by atoms with E-state index in [1.54, 1.807) is 27.7 Å². The number of rotatable bonds is 12. The maximum Gasteiger partial charge on any atom is 0.385 e. The van der Waals surface area contributed by atoms with E-state index in [4.69, 9.17) is 18.1 Å². The minimum Gasteiger partial charge on any atom is -0.312 e. The topological polar surface area (TPSA) is 71.1 Å². The smallest absolute Gasteiger partial charge is 0.312 e. The Morgan fingerprint density at radius 1 is 0.586 bits per heavy atom. The van der Waals surface area contributed by atoms with E-state index in [1.807, 2.05) is 60.7 Å². The van der Waals surface area contributed by atoms with E-state index >= 15 is 0 Å². The first kappa shape index (κ1) is 24.2. The predicted molar refractivity (Wildman–Crippen MR) is 120 cm³/mol. The summed E-state index contributed by atoms with van der Waals surface area (Å²) in [6, 6.07) is 18.3. The van der Waals surface area contributed by atoms with E-state index in [9.17, 15) is 9.13 Å². The fourth-order valence-corrected chi connectivity index (χ4v) is 23.9. The minimum absolute atomic E-state index is 0.143. The molecule has 0 amide bonds. The molecule has 0 radical (unpaired) electrons. The molecule has 9 heteroatoms. The zero-order valence-electron chi connectivity index (χ0n) is 17.4. The summed E-state index contributed by atoms with van der Waals surface area (Å²) in [7, 11) is -11.8. The summed E-state index contributed by atoms with van der Waals surface area (Å²) in [5, 5.41) is 1.25. The SMILES string of the molecule is CCOP(=O)(OCC)[Si](c1ccccc1)(c1ccccc1)P(=O)(OCC)OCC. The Morgan fingerprint density at radius 3 is 1.10 bits per heavy atom. The van der Waals surface area contributed by atoms with E-state index in [2.05, 4.69) is 0 Å². The van der Waals surface area contributed by atoms with Gasteiger partial charge in [0.1, 0.15) is 0 Å². The molecular formula is C20H30O6P2Si. The van der Waals surface area contributed by atoms with Gasteiger partial charge >= 0.3 is 21.7 Å². The maximum absolute atomic E-state index is 14.5. The van der Waals surface area contributed by atoms with Crippen LogP contribution < -0.4 is 10.4 Å². The Bertz CT molecular complexity index is 755. The lowest BCUT2D eigenvalue weighted by Crippen LogP contribution is -2.59. The molecule has 29 heavy (non-hydrogen) atoms. The molecule has 0 atom stereocenters. The van der Waals surface area contributed by atoms with Crippen LogP contribution in [-0.4, -0.2) is 33.8 Å². The normalized spacial score (nSPS) is 12.8. The van der Waals surface area contributed by atoms with E-state index in [-0.39, 0.29) is 26.4 Å². The average Bonchev–Trinajstić information content (AvgIpc) is 2.71. The van der Waals surface area contributed by atoms with Gasteiger partial charge in [0.05, 0.1) is 26.4 Å². The van der Waals surface area contributed by atoms with Crippen LogP contribution in [0.1, 0.15) is 27.7 Å². The Balaban J connectivity index is 3.05. The van der Waals surface area contributed by atoms with Crippen molar-refractivity contribution in [3.63, 3.8) is 0 Å². The lowest BCUT2D eigenvalue weighted by Gasteiger charge is -2.40. The molecule has 6 nitrogen and oxygen atoms in total. The molecule has 0 fully saturated rings. The Morgan fingerprint density at radius 2 is 0.862 bits per heavy atom. The van der Waals surface area contributed by atoms with Gasteiger partial charge < -0.3 is 18.1 Å². The van der Waals surface area contributed by atoms with Crippen molar-refractivity contribution in [1.82, 2.24) is 0 Å². The zero-order valence-corrected chi connectivity index (χ0v) is 20.2. The largest absolute Gasteiger partial charge is 0.385 e. The molecule has 0 bridgehead atoms. The van der Waals surface area contributed by atoms with Gasteiger partial charge in [0.2, 0.25) is 0 Å². The van der Waals surface area contributed by atoms with Gasteiger partial charge in [0.15, 0.2) is 0 Å². The zero-order chi connectivity index (χ0) is 21.4. The molecule has 0 saturated heterocycles. The standard InChI is InChI=1S/C20H30O6P2Si/c1-5-23-27(21,24-6-2)29(19-15-11-9-12-16-19,20-17-13-10-14-18-20)28(22,25-7-3)26-8-4/h9-18H,5-8H2,1-4H3. The Hall–Kier alpha value is -1.04. The highest BCUT2D eigenvalue weighted by Gasteiger charge is 2.71. The summed E-state index contributed by atoms with van der Waals surface area (Å²) in [5.41, 5.74) is 0. The molecule has 0 aliphatic heterocycles. The molecule has 0 aromatic heterocycles. The van der Waals surface area contributed by atoms with Crippen molar-refractivity contribution in [2.75, 3.05) is 26.4 Å². The van der Waals surface area contributed by atoms with Crippen LogP contribution in [0.15, 0.2) is 60.7 Å². The molecule has 0 unspecified atom stereocenters. The van der Waals surface area contributed by atoms with E-state index in [0.29, 0.717) is 10.4 Å². The maximum atomic E-state index is 14.5. The van der Waals surface area contributed by atoms with Gasteiger partial charge in [-0.2, -0.15) is 0 Å². The van der Waals surface area contributed by atoms with Crippen LogP contribution in [0.5, 0.6) is 0 Å². The van der Waals surface area contributed by atoms with Crippen molar-refractivity contribution in [2.45, 2.75) is 27.7 Å². The van der Waals surface area contributed by atoms with Gasteiger partial charge in [0, 0.05) is 0 Å². The molecule has 0 heterocycles. The summed E-state index contributed by atoms with van der Waals surface area (Å²) < 4.78 is 52.4. The van der Waals surface area contributed by atoms with Gasteiger partial charge in [-0.15, -0.1) is 0 Å². The molecule has 0 N–H and O–H groups in total. The highest BCUT2D eigenvalue weighted by molar-refractivity contribution is 8.27. The van der Waals surface area contributed by atoms with Crippen molar-refractivity contribution in [3.8, 4) is 0 Å². The first-order chi connectivity index (χ1) is 14.0. The van der Waals surface area contributed by atoms with Crippen molar-refractivity contribution in [2.24, 2.45) is 0 Å². The lowest BCUT2D eigenvalue weighted by molar-refractivity contribution is 0.226. The average molecular weight is 456 g/mol. The molecule has 0 spiro atoms. The third-order valence-electron chi connectivity index (χ3n) is 4.34. The van der Waals surface area contributed by atoms with Gasteiger partial charge in [-0.05, 0) is 38.1 Å². The van der Waals surface area contributed by atoms with Gasteiger partial charge in [-0.3, -0.25) is 9.13 Å². The van der Waals surface area contributed by atoms with Gasteiger partial charge in [0.25, 0.3) is 0 Å². The number of benzene rings is 2. The predicted octanol–water partition coefficient (Wildman–Crippen LogP) is 4.78. The molecule has 0 saturated carbocycles. The molecule has 0 aliphatic rings. The van der Waals surface area contributed by atoms with Crippen LogP contribution in [-0.2, 0) is 27.2 Å². The number of hydrogen-bond acceptors (Lipinski definition) is 6. The van der Waals surface area contributed by atoms with Crippen LogP contribution in [0.2, 0.25) is 0 Å². The van der Waals surface area contributed by atoms with Crippen LogP contribution in [0, 0.1) is 0 Å². The van der Waals surface area contributed by atoms with Crippen molar-refractivity contribution >= 4 is 32.1 Å². The van der Waals surface area contributed by atoms with Crippen LogP contribution in [0.3, 0.4) is 0 Å². The van der Waals surface area contributed by atoms with Crippen molar-refractivity contribution in [3.05, 3.63) is 60.7 Å². The summed E-state index contributed by atoms with van der Waals surface area (Å²) in [6.45, 7) is 7.54. The molecule has 0 aliphatic carbocycles. The second-order valence-electron chi connectivity index (χ2n) is 6.07. The summed E-state index contributed by atoms with van der Waals surface area (Å²) in [5.74, 6) is 0. The van der Waals surface area contributed by atoms with E-state index < -0.39 is 21.7 Å². The van der Waals surface area contributed by atoms with Crippen molar-refractivity contribution in [1.29, 1.82) is 0 Å². The fraction of sp³-hybridized carbons (Fsp3) is 0.400. The quantitative estimate of drug-likeness (QED) is 0.338. The minimum atomic E-state index is -3.96. The third-order valence-corrected chi connectivity index (χ3v) is 24.4. The highest BCUT2D eigenvalue weighted by atomic mass is 31.7. The highest BCUT2D eigenvalue weighted by Crippen LogP contribution is 2.73. The van der Waals surface area contributed by atoms with Crippen molar-refractivity contribution < 1.29 is 27.2 Å². The summed E-state index contributed by atoms with van der Waals surface area (Å²) >= 11 is 0.